The predicted octanol–water partition coefficient (Wildman–Crippen LogP) is 2.49. The number of carbonyl (C=O) groups excluding carboxylic acids is 2. The predicted molar refractivity (Wildman–Crippen MR) is 78.7 cm³/mol. The Morgan fingerprint density at radius 1 is 1.41 bits per heavy atom. The molecule has 1 aliphatic heterocycles. The molecule has 1 fully saturated rings. The molecule has 1 aromatic rings. The van der Waals surface area contributed by atoms with Crippen LogP contribution in [0.2, 0.25) is 0 Å². The second-order valence-electron chi connectivity index (χ2n) is 5.30. The van der Waals surface area contributed by atoms with Crippen LogP contribution in [0.25, 0.3) is 0 Å². The first-order chi connectivity index (χ1) is 10.5. The monoisotopic (exact) mass is 305 g/mol. The molecule has 2 rings (SSSR count). The topological polar surface area (TPSA) is 83.9 Å². The van der Waals surface area contributed by atoms with Gasteiger partial charge < -0.3 is 9.84 Å². The van der Waals surface area contributed by atoms with Gasteiger partial charge in [0.15, 0.2) is 0 Å². The van der Waals surface area contributed by atoms with Crippen LogP contribution in [0.5, 0.6) is 0 Å². The molecule has 1 aromatic carbocycles. The number of carbonyl (C=O) groups is 3. The number of amides is 2. The molecule has 1 aliphatic rings. The van der Waals surface area contributed by atoms with Gasteiger partial charge in [0, 0.05) is 12.5 Å². The number of rotatable bonds is 3. The summed E-state index contributed by atoms with van der Waals surface area (Å²) in [6.07, 6.45) is -0.665. The quantitative estimate of drug-likeness (QED) is 0.867. The molecule has 6 heteroatoms. The zero-order valence-electron chi connectivity index (χ0n) is 12.6. The Bertz CT molecular complexity index is 598. The van der Waals surface area contributed by atoms with Crippen molar-refractivity contribution >= 4 is 18.0 Å². The van der Waals surface area contributed by atoms with E-state index in [0.29, 0.717) is 18.6 Å². The number of imide groups is 1. The Morgan fingerprint density at radius 3 is 2.77 bits per heavy atom. The maximum atomic E-state index is 12.1. The molecule has 6 nitrogen and oxygen atoms in total. The lowest BCUT2D eigenvalue weighted by Gasteiger charge is -2.33. The summed E-state index contributed by atoms with van der Waals surface area (Å²) in [5, 5.41) is 9.00. The van der Waals surface area contributed by atoms with Gasteiger partial charge in [0.25, 0.3) is 0 Å². The van der Waals surface area contributed by atoms with Crippen molar-refractivity contribution in [1.82, 2.24) is 4.90 Å². The van der Waals surface area contributed by atoms with Crippen LogP contribution in [0.15, 0.2) is 24.3 Å². The number of piperidine rings is 1. The van der Waals surface area contributed by atoms with E-state index >= 15 is 0 Å². The first-order valence-corrected chi connectivity index (χ1v) is 7.27. The molecule has 22 heavy (non-hydrogen) atoms. The number of carboxylic acid groups (broad SMARTS) is 1. The number of nitrogens with zero attached hydrogens (tertiary/aromatic N) is 1. The average Bonchev–Trinajstić information content (AvgIpc) is 2.50. The summed E-state index contributed by atoms with van der Waals surface area (Å²) >= 11 is 0. The number of ether oxygens (including phenoxy) is 1. The highest BCUT2D eigenvalue weighted by molar-refractivity contribution is 5.93. The second kappa shape index (κ2) is 6.60. The minimum atomic E-state index is -1.21. The van der Waals surface area contributed by atoms with Crippen LogP contribution < -0.4 is 0 Å². The molecule has 1 heterocycles. The van der Waals surface area contributed by atoms with E-state index in [0.717, 1.165) is 10.5 Å². The van der Waals surface area contributed by atoms with Crippen molar-refractivity contribution in [3.8, 4) is 0 Å². The van der Waals surface area contributed by atoms with Gasteiger partial charge in [0.05, 0.1) is 12.2 Å². The molecule has 1 N–H and O–H groups in total. The van der Waals surface area contributed by atoms with Gasteiger partial charge in [-0.05, 0) is 37.0 Å². The van der Waals surface area contributed by atoms with Crippen LogP contribution in [0.3, 0.4) is 0 Å². The standard InChI is InChI=1S/C16H19NO5/c1-3-22-15(19)12-6-4-5-11(9-12)13-7-8-17(16(20)21)14(18)10(13)2/h4-6,9-10,13H,3,7-8H2,1-2H3,(H,20,21). The maximum Gasteiger partial charge on any atom is 0.414 e. The minimum Gasteiger partial charge on any atom is -0.465 e. The maximum absolute atomic E-state index is 12.1. The molecule has 0 aromatic heterocycles. The lowest BCUT2D eigenvalue weighted by atomic mass is 9.80. The summed E-state index contributed by atoms with van der Waals surface area (Å²) in [5.41, 5.74) is 1.30. The normalized spacial score (nSPS) is 21.5. The van der Waals surface area contributed by atoms with E-state index in [4.69, 9.17) is 9.84 Å². The third-order valence-electron chi connectivity index (χ3n) is 3.98. The van der Waals surface area contributed by atoms with Crippen molar-refractivity contribution in [2.45, 2.75) is 26.2 Å². The van der Waals surface area contributed by atoms with Gasteiger partial charge in [-0.15, -0.1) is 0 Å². The first kappa shape index (κ1) is 16.0. The number of esters is 1. The largest absolute Gasteiger partial charge is 0.465 e. The Morgan fingerprint density at radius 2 is 2.14 bits per heavy atom. The van der Waals surface area contributed by atoms with E-state index < -0.39 is 23.9 Å². The fourth-order valence-corrected chi connectivity index (χ4v) is 2.80. The Kier molecular flexibility index (Phi) is 4.80. The average molecular weight is 305 g/mol. The molecule has 2 atom stereocenters. The fraction of sp³-hybridized carbons (Fsp3) is 0.438. The Hall–Kier alpha value is -2.37. The van der Waals surface area contributed by atoms with Crippen LogP contribution in [0.1, 0.15) is 42.1 Å². The van der Waals surface area contributed by atoms with Crippen molar-refractivity contribution in [2.75, 3.05) is 13.2 Å². The third-order valence-corrected chi connectivity index (χ3v) is 3.98. The van der Waals surface area contributed by atoms with E-state index in [1.165, 1.54) is 0 Å². The summed E-state index contributed by atoms with van der Waals surface area (Å²) in [4.78, 5) is 35.8. The molecule has 0 aliphatic carbocycles. The van der Waals surface area contributed by atoms with Gasteiger partial charge in [0.1, 0.15) is 0 Å². The van der Waals surface area contributed by atoms with Gasteiger partial charge in [-0.25, -0.2) is 14.5 Å². The molecule has 0 radical (unpaired) electrons. The third kappa shape index (κ3) is 3.10. The van der Waals surface area contributed by atoms with E-state index in [1.54, 1.807) is 32.0 Å². The lowest BCUT2D eigenvalue weighted by Crippen LogP contribution is -2.46. The van der Waals surface area contributed by atoms with Gasteiger partial charge in [0.2, 0.25) is 5.91 Å². The summed E-state index contributed by atoms with van der Waals surface area (Å²) in [5.74, 6) is -1.34. The molecule has 0 saturated carbocycles. The highest BCUT2D eigenvalue weighted by atomic mass is 16.5. The smallest absolute Gasteiger partial charge is 0.414 e. The molecule has 0 spiro atoms. The van der Waals surface area contributed by atoms with Crippen molar-refractivity contribution in [3.05, 3.63) is 35.4 Å². The Balaban J connectivity index is 2.22. The zero-order valence-corrected chi connectivity index (χ0v) is 12.6. The van der Waals surface area contributed by atoms with E-state index in [2.05, 4.69) is 0 Å². The number of likely N-dealkylation sites (tertiary alicyclic amines) is 1. The summed E-state index contributed by atoms with van der Waals surface area (Å²) < 4.78 is 4.97. The summed E-state index contributed by atoms with van der Waals surface area (Å²) in [6.45, 7) is 3.94. The summed E-state index contributed by atoms with van der Waals surface area (Å²) in [6, 6.07) is 7.00. The van der Waals surface area contributed by atoms with E-state index in [-0.39, 0.29) is 12.5 Å². The number of hydrogen-bond donors (Lipinski definition) is 1. The molecule has 0 bridgehead atoms. The molecular formula is C16H19NO5. The molecule has 118 valence electrons. The molecule has 1 saturated heterocycles. The van der Waals surface area contributed by atoms with E-state index in [1.807, 2.05) is 6.07 Å². The molecule has 2 unspecified atom stereocenters. The summed E-state index contributed by atoms with van der Waals surface area (Å²) in [7, 11) is 0. The highest BCUT2D eigenvalue weighted by Gasteiger charge is 2.37. The van der Waals surface area contributed by atoms with Crippen LogP contribution in [0.4, 0.5) is 4.79 Å². The van der Waals surface area contributed by atoms with Crippen LogP contribution in [0, 0.1) is 5.92 Å². The second-order valence-corrected chi connectivity index (χ2v) is 5.30. The fourth-order valence-electron chi connectivity index (χ4n) is 2.80. The van der Waals surface area contributed by atoms with Crippen LogP contribution in [-0.4, -0.2) is 41.1 Å². The van der Waals surface area contributed by atoms with Crippen LogP contribution in [-0.2, 0) is 9.53 Å². The van der Waals surface area contributed by atoms with Crippen LogP contribution >= 0.6 is 0 Å². The molecule has 2 amide bonds. The molecular weight excluding hydrogens is 286 g/mol. The van der Waals surface area contributed by atoms with Crippen molar-refractivity contribution in [2.24, 2.45) is 5.92 Å². The number of hydrogen-bond acceptors (Lipinski definition) is 4. The zero-order chi connectivity index (χ0) is 16.3. The van der Waals surface area contributed by atoms with Crippen molar-refractivity contribution in [1.29, 1.82) is 0 Å². The highest BCUT2D eigenvalue weighted by Crippen LogP contribution is 2.34. The first-order valence-electron chi connectivity index (χ1n) is 7.27. The van der Waals surface area contributed by atoms with Gasteiger partial charge in [-0.2, -0.15) is 0 Å². The minimum absolute atomic E-state index is 0.0996. The van der Waals surface area contributed by atoms with E-state index in [9.17, 15) is 14.4 Å². The Labute approximate surface area is 128 Å². The SMILES string of the molecule is CCOC(=O)c1cccc(C2CCN(C(=O)O)C(=O)C2C)c1. The number of benzene rings is 1. The van der Waals surface area contributed by atoms with Gasteiger partial charge >= 0.3 is 12.1 Å². The van der Waals surface area contributed by atoms with Gasteiger partial charge in [-0.1, -0.05) is 19.1 Å². The lowest BCUT2D eigenvalue weighted by molar-refractivity contribution is -0.136. The van der Waals surface area contributed by atoms with Crippen molar-refractivity contribution in [3.63, 3.8) is 0 Å². The van der Waals surface area contributed by atoms with Crippen molar-refractivity contribution < 1.29 is 24.2 Å². The van der Waals surface area contributed by atoms with Gasteiger partial charge in [-0.3, -0.25) is 4.79 Å².